The van der Waals surface area contributed by atoms with Crippen LogP contribution in [-0.4, -0.2) is 6.61 Å². The van der Waals surface area contributed by atoms with Crippen LogP contribution < -0.4 is 10.5 Å². The summed E-state index contributed by atoms with van der Waals surface area (Å²) >= 11 is 0. The van der Waals surface area contributed by atoms with Crippen molar-refractivity contribution in [1.82, 2.24) is 0 Å². The molecule has 2 nitrogen and oxygen atoms in total. The van der Waals surface area contributed by atoms with Gasteiger partial charge in [-0.15, -0.1) is 0 Å². The van der Waals surface area contributed by atoms with Gasteiger partial charge in [0.1, 0.15) is 5.75 Å². The smallest absolute Gasteiger partial charge is 0.119 e. The molecule has 0 aliphatic heterocycles. The number of benzene rings is 1. The summed E-state index contributed by atoms with van der Waals surface area (Å²) in [7, 11) is 0. The van der Waals surface area contributed by atoms with Gasteiger partial charge in [0.25, 0.3) is 0 Å². The second-order valence-corrected chi connectivity index (χ2v) is 6.00. The van der Waals surface area contributed by atoms with E-state index >= 15 is 0 Å². The van der Waals surface area contributed by atoms with E-state index in [9.17, 15) is 0 Å². The summed E-state index contributed by atoms with van der Waals surface area (Å²) in [6, 6.07) is 8.49. The molecule has 2 aliphatic carbocycles. The van der Waals surface area contributed by atoms with E-state index < -0.39 is 0 Å². The summed E-state index contributed by atoms with van der Waals surface area (Å²) in [5, 5.41) is 0. The minimum atomic E-state index is -0.0900. The molecule has 2 heteroatoms. The maximum atomic E-state index is 6.52. The number of ether oxygens (including phenoxy) is 1. The van der Waals surface area contributed by atoms with E-state index in [2.05, 4.69) is 24.3 Å². The van der Waals surface area contributed by atoms with Gasteiger partial charge in [0.15, 0.2) is 0 Å². The fraction of sp³-hybridized carbons (Fsp3) is 0.625. The van der Waals surface area contributed by atoms with Crippen LogP contribution in [0.15, 0.2) is 24.3 Å². The molecule has 0 bridgehead atoms. The van der Waals surface area contributed by atoms with Crippen molar-refractivity contribution in [3.8, 4) is 5.75 Å². The van der Waals surface area contributed by atoms with Crippen molar-refractivity contribution < 1.29 is 4.74 Å². The molecular weight excluding hydrogens is 222 g/mol. The molecule has 1 aromatic carbocycles. The van der Waals surface area contributed by atoms with E-state index in [1.54, 1.807) is 0 Å². The molecule has 2 saturated carbocycles. The Labute approximate surface area is 110 Å². The third-order valence-electron chi connectivity index (χ3n) is 4.36. The fourth-order valence-corrected chi connectivity index (χ4v) is 2.85. The molecule has 0 heterocycles. The molecule has 2 aliphatic rings. The minimum absolute atomic E-state index is 0.0900. The fourth-order valence-electron chi connectivity index (χ4n) is 2.85. The van der Waals surface area contributed by atoms with Crippen LogP contribution in [0.5, 0.6) is 5.75 Å². The zero-order valence-electron chi connectivity index (χ0n) is 11.0. The van der Waals surface area contributed by atoms with E-state index in [0.717, 1.165) is 31.1 Å². The van der Waals surface area contributed by atoms with Gasteiger partial charge in [0.05, 0.1) is 6.61 Å². The topological polar surface area (TPSA) is 35.2 Å². The highest BCUT2D eigenvalue weighted by Crippen LogP contribution is 2.35. The summed E-state index contributed by atoms with van der Waals surface area (Å²) in [6.45, 7) is 0.882. The van der Waals surface area contributed by atoms with Crippen molar-refractivity contribution >= 4 is 0 Å². The van der Waals surface area contributed by atoms with Crippen molar-refractivity contribution in [1.29, 1.82) is 0 Å². The lowest BCUT2D eigenvalue weighted by atomic mass is 9.77. The first-order valence-corrected chi connectivity index (χ1v) is 7.28. The van der Waals surface area contributed by atoms with Gasteiger partial charge < -0.3 is 10.5 Å². The molecule has 0 amide bonds. The SMILES string of the molecule is NC1(c2ccc(OCC3CC3)cc2)CCCCC1. The van der Waals surface area contributed by atoms with Crippen LogP contribution in [0.1, 0.15) is 50.5 Å². The van der Waals surface area contributed by atoms with Gasteiger partial charge in [-0.1, -0.05) is 31.4 Å². The maximum Gasteiger partial charge on any atom is 0.119 e. The van der Waals surface area contributed by atoms with Crippen molar-refractivity contribution in [2.45, 2.75) is 50.5 Å². The first-order valence-electron chi connectivity index (χ1n) is 7.28. The number of hydrogen-bond acceptors (Lipinski definition) is 2. The predicted octanol–water partition coefficient (Wildman–Crippen LogP) is 3.59. The molecule has 18 heavy (non-hydrogen) atoms. The van der Waals surface area contributed by atoms with Gasteiger partial charge in [-0.3, -0.25) is 0 Å². The van der Waals surface area contributed by atoms with E-state index in [1.165, 1.54) is 37.7 Å². The largest absolute Gasteiger partial charge is 0.493 e. The van der Waals surface area contributed by atoms with E-state index in [1.807, 2.05) is 0 Å². The Kier molecular flexibility index (Phi) is 3.29. The Morgan fingerprint density at radius 1 is 1.06 bits per heavy atom. The average Bonchev–Trinajstić information content (AvgIpc) is 3.22. The normalized spacial score (nSPS) is 22.7. The average molecular weight is 245 g/mol. The molecule has 0 unspecified atom stereocenters. The lowest BCUT2D eigenvalue weighted by molar-refractivity contribution is 0.294. The standard InChI is InChI=1S/C16H23NO/c17-16(10-2-1-3-11-16)14-6-8-15(9-7-14)18-12-13-4-5-13/h6-9,13H,1-5,10-12,17H2. The van der Waals surface area contributed by atoms with Crippen LogP contribution in [0.2, 0.25) is 0 Å². The van der Waals surface area contributed by atoms with Gasteiger partial charge in [-0.05, 0) is 49.3 Å². The Hall–Kier alpha value is -1.02. The quantitative estimate of drug-likeness (QED) is 0.879. The summed E-state index contributed by atoms with van der Waals surface area (Å²) in [5.74, 6) is 1.80. The summed E-state index contributed by atoms with van der Waals surface area (Å²) in [4.78, 5) is 0. The lowest BCUT2D eigenvalue weighted by Crippen LogP contribution is -2.38. The van der Waals surface area contributed by atoms with Crippen LogP contribution in [0, 0.1) is 5.92 Å². The monoisotopic (exact) mass is 245 g/mol. The molecule has 0 atom stereocenters. The number of nitrogens with two attached hydrogens (primary N) is 1. The third kappa shape index (κ3) is 2.69. The van der Waals surface area contributed by atoms with Crippen LogP contribution in [0.3, 0.4) is 0 Å². The highest BCUT2D eigenvalue weighted by molar-refractivity contribution is 5.32. The Balaban J connectivity index is 1.65. The Bertz CT molecular complexity index is 388. The second-order valence-electron chi connectivity index (χ2n) is 6.00. The zero-order valence-corrected chi connectivity index (χ0v) is 11.0. The molecule has 0 saturated heterocycles. The number of rotatable bonds is 4. The maximum absolute atomic E-state index is 6.52. The predicted molar refractivity (Wildman–Crippen MR) is 73.6 cm³/mol. The van der Waals surface area contributed by atoms with Crippen LogP contribution in [0.4, 0.5) is 0 Å². The van der Waals surface area contributed by atoms with E-state index in [4.69, 9.17) is 10.5 Å². The van der Waals surface area contributed by atoms with Crippen molar-refractivity contribution in [3.63, 3.8) is 0 Å². The van der Waals surface area contributed by atoms with Gasteiger partial charge in [0.2, 0.25) is 0 Å². The van der Waals surface area contributed by atoms with Crippen molar-refractivity contribution in [2.24, 2.45) is 11.7 Å². The van der Waals surface area contributed by atoms with E-state index in [0.29, 0.717) is 0 Å². The van der Waals surface area contributed by atoms with Crippen LogP contribution >= 0.6 is 0 Å². The Morgan fingerprint density at radius 2 is 1.72 bits per heavy atom. The lowest BCUT2D eigenvalue weighted by Gasteiger charge is -2.34. The van der Waals surface area contributed by atoms with Crippen LogP contribution in [-0.2, 0) is 5.54 Å². The molecule has 0 spiro atoms. The highest BCUT2D eigenvalue weighted by atomic mass is 16.5. The summed E-state index contributed by atoms with van der Waals surface area (Å²) in [6.07, 6.45) is 8.77. The molecule has 2 N–H and O–H groups in total. The molecule has 0 radical (unpaired) electrons. The van der Waals surface area contributed by atoms with Gasteiger partial charge >= 0.3 is 0 Å². The zero-order chi connectivity index (χ0) is 12.4. The third-order valence-corrected chi connectivity index (χ3v) is 4.36. The minimum Gasteiger partial charge on any atom is -0.493 e. The molecule has 3 rings (SSSR count). The molecule has 2 fully saturated rings. The number of hydrogen-bond donors (Lipinski definition) is 1. The second kappa shape index (κ2) is 4.93. The van der Waals surface area contributed by atoms with Gasteiger partial charge in [-0.2, -0.15) is 0 Å². The molecule has 98 valence electrons. The van der Waals surface area contributed by atoms with E-state index in [-0.39, 0.29) is 5.54 Å². The van der Waals surface area contributed by atoms with Crippen molar-refractivity contribution in [2.75, 3.05) is 6.61 Å². The molecular formula is C16H23NO. The summed E-state index contributed by atoms with van der Waals surface area (Å²) in [5.41, 5.74) is 7.71. The summed E-state index contributed by atoms with van der Waals surface area (Å²) < 4.78 is 5.76. The van der Waals surface area contributed by atoms with Crippen LogP contribution in [0.25, 0.3) is 0 Å². The van der Waals surface area contributed by atoms with Gasteiger partial charge in [-0.25, -0.2) is 0 Å². The first-order chi connectivity index (χ1) is 8.76. The highest BCUT2D eigenvalue weighted by Gasteiger charge is 2.29. The van der Waals surface area contributed by atoms with Gasteiger partial charge in [0, 0.05) is 5.54 Å². The Morgan fingerprint density at radius 3 is 2.33 bits per heavy atom. The first kappa shape index (κ1) is 12.0. The molecule has 0 aromatic heterocycles. The van der Waals surface area contributed by atoms with Crippen molar-refractivity contribution in [3.05, 3.63) is 29.8 Å². The molecule has 1 aromatic rings.